The van der Waals surface area contributed by atoms with Crippen LogP contribution in [0.3, 0.4) is 0 Å². The minimum Gasteiger partial charge on any atom is -0.294 e. The van der Waals surface area contributed by atoms with Gasteiger partial charge in [0.25, 0.3) is 0 Å². The third-order valence-electron chi connectivity index (χ3n) is 10.2. The fourth-order valence-electron chi connectivity index (χ4n) is 8.90. The number of pyridine rings is 2. The molecule has 4 aromatic carbocycles. The summed E-state index contributed by atoms with van der Waals surface area (Å²) >= 11 is 0. The first-order chi connectivity index (χ1) is 22.6. The Morgan fingerprint density at radius 3 is 1.19 bits per heavy atom. The normalized spacial score (nSPS) is 12.9. The molecule has 0 N–H and O–H groups in total. The van der Waals surface area contributed by atoms with Crippen molar-refractivity contribution in [1.29, 1.82) is 0 Å². The number of benzene rings is 4. The van der Waals surface area contributed by atoms with E-state index < -0.39 is 8.07 Å². The summed E-state index contributed by atoms with van der Waals surface area (Å²) in [6.45, 7) is 14.8. The summed E-state index contributed by atoms with van der Waals surface area (Å²) in [7, 11) is -2.60. The van der Waals surface area contributed by atoms with Gasteiger partial charge in [0.1, 0.15) is 19.7 Å². The van der Waals surface area contributed by atoms with Crippen LogP contribution in [0.5, 0.6) is 0 Å². The van der Waals surface area contributed by atoms with Gasteiger partial charge >= 0.3 is 0 Å². The van der Waals surface area contributed by atoms with Crippen LogP contribution in [0.4, 0.5) is 0 Å². The van der Waals surface area contributed by atoms with Crippen molar-refractivity contribution in [2.24, 2.45) is 0 Å². The lowest BCUT2D eigenvalue weighted by Gasteiger charge is -2.53. The van der Waals surface area contributed by atoms with E-state index in [1.165, 1.54) is 54.0 Å². The molecule has 4 aromatic heterocycles. The molecule has 232 valence electrons. The van der Waals surface area contributed by atoms with Crippen LogP contribution < -0.4 is 10.4 Å². The summed E-state index contributed by atoms with van der Waals surface area (Å²) in [5.74, 6) is 1.88. The molecule has 0 fully saturated rings. The van der Waals surface area contributed by atoms with Gasteiger partial charge in [-0.2, -0.15) is 0 Å². The zero-order valence-electron chi connectivity index (χ0n) is 28.0. The summed E-state index contributed by atoms with van der Waals surface area (Å²) in [4.78, 5) is 9.66. The highest BCUT2D eigenvalue weighted by Gasteiger charge is 2.55. The molecule has 0 unspecified atom stereocenters. The van der Waals surface area contributed by atoms with Gasteiger partial charge in [-0.15, -0.1) is 0 Å². The van der Waals surface area contributed by atoms with E-state index in [2.05, 4.69) is 160 Å². The predicted octanol–water partition coefficient (Wildman–Crippen LogP) is 9.83. The van der Waals surface area contributed by atoms with Gasteiger partial charge in [-0.3, -0.25) is 9.13 Å². The molecule has 47 heavy (non-hydrogen) atoms. The number of hydrogen-bond donors (Lipinski definition) is 0. The van der Waals surface area contributed by atoms with Crippen molar-refractivity contribution < 1.29 is 0 Å². The lowest BCUT2D eigenvalue weighted by atomic mass is 10.1. The van der Waals surface area contributed by atoms with E-state index in [0.29, 0.717) is 0 Å². The van der Waals surface area contributed by atoms with E-state index in [1.54, 1.807) is 0 Å². The number of fused-ring (bicyclic) bond motifs is 6. The Morgan fingerprint density at radius 2 is 0.809 bits per heavy atom. The van der Waals surface area contributed by atoms with Gasteiger partial charge < -0.3 is 0 Å². The number of aromatic nitrogens is 4. The largest absolute Gasteiger partial charge is 0.294 e. The molecule has 8 aromatic rings. The van der Waals surface area contributed by atoms with Crippen LogP contribution in [0.1, 0.15) is 41.5 Å². The summed E-state index contributed by atoms with van der Waals surface area (Å²) in [6.07, 6.45) is 3.78. The molecular weight excluding hydrogens is 589 g/mol. The molecule has 0 bridgehead atoms. The number of hydrogen-bond acceptors (Lipinski definition) is 2. The molecule has 0 saturated carbocycles. The Hall–Kier alpha value is -5.00. The van der Waals surface area contributed by atoms with Gasteiger partial charge in [-0.05, 0) is 58.6 Å². The second kappa shape index (κ2) is 10.5. The lowest BCUT2D eigenvalue weighted by molar-refractivity contribution is 0.636. The summed E-state index contributed by atoms with van der Waals surface area (Å²) < 4.78 is 4.70. The van der Waals surface area contributed by atoms with Crippen molar-refractivity contribution in [3.05, 3.63) is 134 Å². The first-order valence-corrected chi connectivity index (χ1v) is 18.5. The highest BCUT2D eigenvalue weighted by molar-refractivity contribution is 7.06. The van der Waals surface area contributed by atoms with Crippen LogP contribution in [0.25, 0.3) is 55.2 Å². The van der Waals surface area contributed by atoms with Crippen molar-refractivity contribution in [3.8, 4) is 11.6 Å². The van der Waals surface area contributed by atoms with Crippen LogP contribution in [0.15, 0.2) is 134 Å². The number of para-hydroxylation sites is 2. The van der Waals surface area contributed by atoms with Crippen LogP contribution in [-0.2, 0) is 0 Å². The third-order valence-corrected chi connectivity index (χ3v) is 17.1. The van der Waals surface area contributed by atoms with Crippen molar-refractivity contribution in [3.63, 3.8) is 0 Å². The molecular formula is C42H40N4Si. The smallest absolute Gasteiger partial charge is 0.137 e. The molecule has 0 aliphatic rings. The third kappa shape index (κ3) is 4.26. The standard InChI is InChI=1S/C42H40N4Si/c1-41(2,3)47(42(4,5)6,29-21-23-33-31-15-7-9-17-35(31)45(37(33)27-29)39-19-11-13-25-43-39)30-22-24-34-32-16-8-10-18-36(32)46(38(34)28-30)40-20-12-14-26-44-40/h7-28H,1-6H3. The fourth-order valence-corrected chi connectivity index (χ4v) is 16.3. The maximum atomic E-state index is 4.83. The zero-order chi connectivity index (χ0) is 32.6. The lowest BCUT2D eigenvalue weighted by Crippen LogP contribution is -2.69. The molecule has 0 spiro atoms. The Balaban J connectivity index is 1.48. The van der Waals surface area contributed by atoms with Crippen molar-refractivity contribution in [2.45, 2.75) is 51.6 Å². The minimum absolute atomic E-state index is 0.0176. The van der Waals surface area contributed by atoms with Gasteiger partial charge in [0.05, 0.1) is 22.1 Å². The van der Waals surface area contributed by atoms with Crippen molar-refractivity contribution in [1.82, 2.24) is 19.1 Å². The fraction of sp³-hybridized carbons (Fsp3) is 0.190. The predicted molar refractivity (Wildman–Crippen MR) is 202 cm³/mol. The molecule has 5 heteroatoms. The average molecular weight is 629 g/mol. The molecule has 0 saturated heterocycles. The minimum atomic E-state index is -2.60. The Labute approximate surface area is 277 Å². The summed E-state index contributed by atoms with van der Waals surface area (Å²) in [5, 5.41) is 7.85. The first-order valence-electron chi connectivity index (χ1n) is 16.5. The van der Waals surface area contributed by atoms with Gasteiger partial charge in [0.2, 0.25) is 0 Å². The maximum absolute atomic E-state index is 4.83. The van der Waals surface area contributed by atoms with E-state index in [-0.39, 0.29) is 10.1 Å². The second-order valence-corrected chi connectivity index (χ2v) is 20.4. The van der Waals surface area contributed by atoms with Crippen molar-refractivity contribution >= 4 is 62.1 Å². The molecule has 0 atom stereocenters. The van der Waals surface area contributed by atoms with E-state index in [0.717, 1.165) is 11.6 Å². The molecule has 0 aliphatic heterocycles. The Bertz CT molecular complexity index is 2250. The highest BCUT2D eigenvalue weighted by Crippen LogP contribution is 2.51. The zero-order valence-corrected chi connectivity index (χ0v) is 29.0. The van der Waals surface area contributed by atoms with E-state index in [9.17, 15) is 0 Å². The number of rotatable bonds is 4. The maximum Gasteiger partial charge on any atom is 0.137 e. The summed E-state index contributed by atoms with van der Waals surface area (Å²) in [6, 6.07) is 44.4. The Morgan fingerprint density at radius 1 is 0.426 bits per heavy atom. The SMILES string of the molecule is CC(C)(C)[Si](c1ccc2c3ccccc3n(-c3ccccn3)c2c1)(c1ccc2c3ccccc3n(-c3ccccn3)c2c1)C(C)(C)C. The Kier molecular flexibility index (Phi) is 6.57. The van der Waals surface area contributed by atoms with Crippen LogP contribution in [0, 0.1) is 0 Å². The molecule has 4 heterocycles. The van der Waals surface area contributed by atoms with E-state index >= 15 is 0 Å². The van der Waals surface area contributed by atoms with Gasteiger partial charge in [-0.1, -0.05) is 125 Å². The molecule has 0 aliphatic carbocycles. The summed E-state index contributed by atoms with van der Waals surface area (Å²) in [5.41, 5.74) is 4.77. The van der Waals surface area contributed by atoms with Crippen molar-refractivity contribution in [2.75, 3.05) is 0 Å². The monoisotopic (exact) mass is 628 g/mol. The molecule has 4 nitrogen and oxygen atoms in total. The van der Waals surface area contributed by atoms with Crippen LogP contribution in [-0.4, -0.2) is 27.2 Å². The number of nitrogens with zero attached hydrogens (tertiary/aromatic N) is 4. The topological polar surface area (TPSA) is 35.6 Å². The average Bonchev–Trinajstić information content (AvgIpc) is 3.57. The van der Waals surface area contributed by atoms with E-state index in [4.69, 9.17) is 9.97 Å². The quantitative estimate of drug-likeness (QED) is 0.182. The van der Waals surface area contributed by atoms with Gasteiger partial charge in [-0.25, -0.2) is 9.97 Å². The van der Waals surface area contributed by atoms with Gasteiger partial charge in [0.15, 0.2) is 0 Å². The molecule has 0 amide bonds. The second-order valence-electron chi connectivity index (χ2n) is 14.8. The van der Waals surface area contributed by atoms with Crippen LogP contribution in [0.2, 0.25) is 10.1 Å². The van der Waals surface area contributed by atoms with Crippen LogP contribution >= 0.6 is 0 Å². The van der Waals surface area contributed by atoms with E-state index in [1.807, 2.05) is 24.5 Å². The molecule has 8 rings (SSSR count). The molecule has 0 radical (unpaired) electrons. The highest BCUT2D eigenvalue weighted by atomic mass is 28.3. The first kappa shape index (κ1) is 29.4. The van der Waals surface area contributed by atoms with Gasteiger partial charge in [0, 0.05) is 33.9 Å².